The maximum absolute atomic E-state index is 13.0. The van der Waals surface area contributed by atoms with Crippen LogP contribution in [0.4, 0.5) is 5.69 Å². The van der Waals surface area contributed by atoms with E-state index in [1.807, 2.05) is 41.3 Å². The van der Waals surface area contributed by atoms with Crippen LogP contribution in [-0.4, -0.2) is 75.4 Å². The highest BCUT2D eigenvalue weighted by Crippen LogP contribution is 2.34. The summed E-state index contributed by atoms with van der Waals surface area (Å²) in [5.41, 5.74) is 1.78. The minimum Gasteiger partial charge on any atom is -0.497 e. The number of nitrogens with one attached hydrogen (secondary N) is 1. The molecule has 2 saturated heterocycles. The van der Waals surface area contributed by atoms with Crippen LogP contribution in [0.2, 0.25) is 0 Å². The number of carbonyl (C=O) groups is 1. The summed E-state index contributed by atoms with van der Waals surface area (Å²) in [6.07, 6.45) is 4.74. The monoisotopic (exact) mass is 541 g/mol. The van der Waals surface area contributed by atoms with Gasteiger partial charge in [-0.25, -0.2) is 0 Å². The molecule has 9 heteroatoms. The van der Waals surface area contributed by atoms with Crippen LogP contribution in [0.1, 0.15) is 31.2 Å². The van der Waals surface area contributed by atoms with Crippen molar-refractivity contribution in [1.29, 1.82) is 0 Å². The van der Waals surface area contributed by atoms with Crippen LogP contribution in [-0.2, 0) is 11.2 Å². The van der Waals surface area contributed by atoms with Crippen molar-refractivity contribution in [3.05, 3.63) is 42.0 Å². The first-order valence-corrected chi connectivity index (χ1v) is 13.6. The van der Waals surface area contributed by atoms with E-state index in [1.54, 1.807) is 28.4 Å². The van der Waals surface area contributed by atoms with Crippen molar-refractivity contribution in [2.24, 2.45) is 11.8 Å². The second-order valence-corrected chi connectivity index (χ2v) is 10.3. The molecule has 0 aromatic heterocycles. The summed E-state index contributed by atoms with van der Waals surface area (Å²) in [4.78, 5) is 17.2. The van der Waals surface area contributed by atoms with Gasteiger partial charge in [-0.2, -0.15) is 0 Å². The fourth-order valence-corrected chi connectivity index (χ4v) is 5.86. The molecule has 8 nitrogen and oxygen atoms in total. The molecule has 2 fully saturated rings. The Balaban J connectivity index is 1.22. The molecule has 2 aromatic rings. The van der Waals surface area contributed by atoms with Gasteiger partial charge >= 0.3 is 0 Å². The molecule has 1 N–H and O–H groups in total. The van der Waals surface area contributed by atoms with E-state index < -0.39 is 0 Å². The van der Waals surface area contributed by atoms with Crippen LogP contribution in [0, 0.1) is 11.8 Å². The van der Waals surface area contributed by atoms with E-state index in [0.717, 1.165) is 74.0 Å². The Hall–Kier alpha value is -3.20. The Labute approximate surface area is 231 Å². The van der Waals surface area contributed by atoms with E-state index in [1.165, 1.54) is 0 Å². The van der Waals surface area contributed by atoms with Gasteiger partial charge in [0, 0.05) is 32.2 Å². The van der Waals surface area contributed by atoms with Crippen LogP contribution in [0.5, 0.6) is 23.0 Å². The molecule has 38 heavy (non-hydrogen) atoms. The number of hydrogen-bond acceptors (Lipinski definition) is 6. The van der Waals surface area contributed by atoms with E-state index in [4.69, 9.17) is 31.2 Å². The van der Waals surface area contributed by atoms with Gasteiger partial charge in [-0.3, -0.25) is 4.79 Å². The van der Waals surface area contributed by atoms with E-state index in [-0.39, 0.29) is 5.91 Å². The number of methoxy groups -OCH3 is 4. The topological polar surface area (TPSA) is 72.5 Å². The number of nitrogens with zero attached hydrogens (tertiary/aromatic N) is 2. The number of likely N-dealkylation sites (tertiary alicyclic amines) is 2. The Bertz CT molecular complexity index is 1110. The van der Waals surface area contributed by atoms with Crippen LogP contribution < -0.4 is 24.3 Å². The molecule has 206 valence electrons. The van der Waals surface area contributed by atoms with Gasteiger partial charge in [0.25, 0.3) is 0 Å². The van der Waals surface area contributed by atoms with Crippen molar-refractivity contribution in [3.8, 4) is 23.0 Å². The van der Waals surface area contributed by atoms with Gasteiger partial charge in [-0.15, -0.1) is 0 Å². The Kier molecular flexibility index (Phi) is 9.55. The van der Waals surface area contributed by atoms with E-state index in [9.17, 15) is 4.79 Å². The Morgan fingerprint density at radius 2 is 1.39 bits per heavy atom. The van der Waals surface area contributed by atoms with E-state index in [2.05, 4.69) is 10.2 Å². The highest BCUT2D eigenvalue weighted by Gasteiger charge is 2.31. The molecule has 0 bridgehead atoms. The molecule has 0 atom stereocenters. The number of thiocarbonyl (C=S) groups is 1. The first kappa shape index (κ1) is 27.8. The largest absolute Gasteiger partial charge is 0.497 e. The zero-order valence-corrected chi connectivity index (χ0v) is 23.6. The fraction of sp³-hybridized carbons (Fsp3) is 0.517. The Morgan fingerprint density at radius 3 is 1.97 bits per heavy atom. The molecule has 0 radical (unpaired) electrons. The van der Waals surface area contributed by atoms with Gasteiger partial charge in [0.2, 0.25) is 5.91 Å². The van der Waals surface area contributed by atoms with Gasteiger partial charge in [0.05, 0.1) is 40.5 Å². The SMILES string of the molecule is COc1ccc(NC(=S)N2CCC(C3CCN(C(=O)Cc4ccc(OC)c(OC)c4)CC3)CC2)c(OC)c1. The fourth-order valence-electron chi connectivity index (χ4n) is 5.57. The van der Waals surface area contributed by atoms with Crippen molar-refractivity contribution in [3.63, 3.8) is 0 Å². The van der Waals surface area contributed by atoms with Crippen molar-refractivity contribution < 1.29 is 23.7 Å². The molecule has 0 saturated carbocycles. The summed E-state index contributed by atoms with van der Waals surface area (Å²) < 4.78 is 21.5. The number of ether oxygens (including phenoxy) is 4. The summed E-state index contributed by atoms with van der Waals surface area (Å²) in [6.45, 7) is 3.53. The van der Waals surface area contributed by atoms with Crippen molar-refractivity contribution >= 4 is 28.9 Å². The second kappa shape index (κ2) is 13.0. The highest BCUT2D eigenvalue weighted by atomic mass is 32.1. The standard InChI is InChI=1S/C29H39N3O5S/c1-34-23-6-7-24(26(19-23)36-3)30-29(38)32-15-11-22(12-16-32)21-9-13-31(14-10-21)28(33)18-20-5-8-25(35-2)27(17-20)37-4/h5-8,17,19,21-22H,9-16,18H2,1-4H3,(H,30,38). The molecule has 2 aliphatic heterocycles. The highest BCUT2D eigenvalue weighted by molar-refractivity contribution is 7.80. The zero-order chi connectivity index (χ0) is 27.1. The first-order valence-electron chi connectivity index (χ1n) is 13.2. The van der Waals surface area contributed by atoms with Crippen LogP contribution in [0.25, 0.3) is 0 Å². The van der Waals surface area contributed by atoms with Gasteiger partial charge in [0.1, 0.15) is 11.5 Å². The summed E-state index contributed by atoms with van der Waals surface area (Å²) in [5, 5.41) is 4.07. The third-order valence-corrected chi connectivity index (χ3v) is 8.20. The normalized spacial score (nSPS) is 16.6. The Morgan fingerprint density at radius 1 is 0.789 bits per heavy atom. The summed E-state index contributed by atoms with van der Waals surface area (Å²) >= 11 is 5.72. The van der Waals surface area contributed by atoms with Gasteiger partial charge < -0.3 is 34.1 Å². The molecule has 1 amide bonds. The number of carbonyl (C=O) groups excluding carboxylic acids is 1. The van der Waals surface area contributed by atoms with Crippen molar-refractivity contribution in [1.82, 2.24) is 9.80 Å². The lowest BCUT2D eigenvalue weighted by atomic mass is 9.79. The van der Waals surface area contributed by atoms with Gasteiger partial charge in [0.15, 0.2) is 16.6 Å². The average molecular weight is 542 g/mol. The molecule has 2 aliphatic rings. The molecule has 0 aliphatic carbocycles. The lowest BCUT2D eigenvalue weighted by Crippen LogP contribution is -2.45. The maximum atomic E-state index is 13.0. The van der Waals surface area contributed by atoms with Crippen LogP contribution in [0.3, 0.4) is 0 Å². The molecule has 2 aromatic carbocycles. The second-order valence-electron chi connectivity index (χ2n) is 9.91. The first-order chi connectivity index (χ1) is 18.4. The summed E-state index contributed by atoms with van der Waals surface area (Å²) in [6, 6.07) is 11.4. The zero-order valence-electron chi connectivity index (χ0n) is 22.8. The predicted octanol–water partition coefficient (Wildman–Crippen LogP) is 4.61. The maximum Gasteiger partial charge on any atom is 0.226 e. The number of benzene rings is 2. The number of amides is 1. The minimum atomic E-state index is 0.177. The molecule has 0 unspecified atom stereocenters. The summed E-state index contributed by atoms with van der Waals surface area (Å²) in [5.74, 6) is 4.28. The molecule has 4 rings (SSSR count). The van der Waals surface area contributed by atoms with Crippen LogP contribution in [0.15, 0.2) is 36.4 Å². The summed E-state index contributed by atoms with van der Waals surface area (Å²) in [7, 11) is 6.50. The van der Waals surface area contributed by atoms with E-state index >= 15 is 0 Å². The van der Waals surface area contributed by atoms with E-state index in [0.29, 0.717) is 35.5 Å². The van der Waals surface area contributed by atoms with Crippen molar-refractivity contribution in [2.75, 3.05) is 59.9 Å². The quantitative estimate of drug-likeness (QED) is 0.486. The number of rotatable bonds is 8. The van der Waals surface area contributed by atoms with Crippen molar-refractivity contribution in [2.45, 2.75) is 32.1 Å². The minimum absolute atomic E-state index is 0.177. The number of anilines is 1. The van der Waals surface area contributed by atoms with Gasteiger partial charge in [-0.05, 0) is 79.6 Å². The predicted molar refractivity (Wildman–Crippen MR) is 153 cm³/mol. The molecular formula is C29H39N3O5S. The lowest BCUT2D eigenvalue weighted by Gasteiger charge is -2.41. The smallest absolute Gasteiger partial charge is 0.226 e. The van der Waals surface area contributed by atoms with Gasteiger partial charge in [-0.1, -0.05) is 6.07 Å². The third kappa shape index (κ3) is 6.62. The lowest BCUT2D eigenvalue weighted by molar-refractivity contribution is -0.132. The van der Waals surface area contributed by atoms with Crippen LogP contribution >= 0.6 is 12.2 Å². The average Bonchev–Trinajstić information content (AvgIpc) is 2.97. The third-order valence-electron chi connectivity index (χ3n) is 7.84. The molecule has 0 spiro atoms. The molecule has 2 heterocycles. The molecular weight excluding hydrogens is 502 g/mol. The number of piperidine rings is 2. The number of hydrogen-bond donors (Lipinski definition) is 1.